The van der Waals surface area contributed by atoms with Gasteiger partial charge in [0.05, 0.1) is 6.42 Å². The molecule has 0 aromatic carbocycles. The fourth-order valence-electron chi connectivity index (χ4n) is 1.90. The largest absolute Gasteiger partial charge is 0.367 e. The van der Waals surface area contributed by atoms with E-state index in [1.807, 2.05) is 27.7 Å². The molecule has 1 unspecified atom stereocenters. The molecule has 1 aromatic rings. The van der Waals surface area contributed by atoms with Crippen molar-refractivity contribution in [2.75, 3.05) is 6.61 Å². The lowest BCUT2D eigenvalue weighted by Crippen LogP contribution is -2.23. The van der Waals surface area contributed by atoms with Crippen LogP contribution in [0.2, 0.25) is 0 Å². The molecule has 18 heavy (non-hydrogen) atoms. The Balaban J connectivity index is 2.09. The van der Waals surface area contributed by atoms with E-state index in [1.165, 1.54) is 0 Å². The number of ether oxygens (including phenoxy) is 1. The molecule has 100 valence electrons. The van der Waals surface area contributed by atoms with Crippen LogP contribution in [-0.2, 0) is 21.6 Å². The number of carbonyl (C=O) groups excluding carboxylic acids is 1. The molecule has 1 aliphatic heterocycles. The van der Waals surface area contributed by atoms with E-state index in [0.29, 0.717) is 11.7 Å². The molecule has 5 heteroatoms. The molecule has 1 saturated heterocycles. The Bertz CT molecular complexity index is 439. The van der Waals surface area contributed by atoms with Gasteiger partial charge in [-0.2, -0.15) is 4.98 Å². The first kappa shape index (κ1) is 13.2. The SMILES string of the molecule is CC(C)(C)C(=O)Cc1nc(C2(C)CCCO2)no1. The van der Waals surface area contributed by atoms with Gasteiger partial charge in [-0.15, -0.1) is 0 Å². The molecule has 0 aliphatic carbocycles. The lowest BCUT2D eigenvalue weighted by molar-refractivity contribution is -0.125. The number of ketones is 1. The summed E-state index contributed by atoms with van der Waals surface area (Å²) < 4.78 is 10.8. The van der Waals surface area contributed by atoms with Crippen molar-refractivity contribution in [3.63, 3.8) is 0 Å². The molecule has 1 aliphatic rings. The zero-order valence-electron chi connectivity index (χ0n) is 11.4. The van der Waals surface area contributed by atoms with E-state index >= 15 is 0 Å². The second kappa shape index (κ2) is 4.46. The summed E-state index contributed by atoms with van der Waals surface area (Å²) in [5, 5.41) is 3.94. The maximum Gasteiger partial charge on any atom is 0.234 e. The monoisotopic (exact) mass is 252 g/mol. The number of hydrogen-bond acceptors (Lipinski definition) is 5. The van der Waals surface area contributed by atoms with Crippen molar-refractivity contribution >= 4 is 5.78 Å². The molecule has 0 spiro atoms. The van der Waals surface area contributed by atoms with Gasteiger partial charge in [0.15, 0.2) is 0 Å². The zero-order chi connectivity index (χ0) is 13.4. The number of Topliss-reactive ketones (excluding diaryl/α,β-unsaturated/α-hetero) is 1. The smallest absolute Gasteiger partial charge is 0.234 e. The van der Waals surface area contributed by atoms with Crippen LogP contribution in [0, 0.1) is 5.41 Å². The van der Waals surface area contributed by atoms with Gasteiger partial charge in [-0.3, -0.25) is 4.79 Å². The summed E-state index contributed by atoms with van der Waals surface area (Å²) in [5.41, 5.74) is -0.838. The Labute approximate surface area is 107 Å². The van der Waals surface area contributed by atoms with E-state index in [4.69, 9.17) is 9.26 Å². The summed E-state index contributed by atoms with van der Waals surface area (Å²) in [6.07, 6.45) is 2.08. The highest BCUT2D eigenvalue weighted by atomic mass is 16.5. The molecule has 2 heterocycles. The predicted octanol–water partition coefficient (Wildman–Crippen LogP) is 2.25. The standard InChI is InChI=1S/C13H20N2O3/c1-12(2,3)9(16)8-10-14-11(15-18-10)13(4)6-5-7-17-13/h5-8H2,1-4H3. The third-order valence-electron chi connectivity index (χ3n) is 3.31. The van der Waals surface area contributed by atoms with Gasteiger partial charge in [-0.05, 0) is 19.8 Å². The molecular weight excluding hydrogens is 232 g/mol. The summed E-state index contributed by atoms with van der Waals surface area (Å²) in [6, 6.07) is 0. The van der Waals surface area contributed by atoms with Crippen molar-refractivity contribution in [2.24, 2.45) is 5.41 Å². The van der Waals surface area contributed by atoms with Gasteiger partial charge < -0.3 is 9.26 Å². The lowest BCUT2D eigenvalue weighted by atomic mass is 9.89. The Morgan fingerprint density at radius 1 is 1.44 bits per heavy atom. The van der Waals surface area contributed by atoms with Crippen LogP contribution in [0.25, 0.3) is 0 Å². The van der Waals surface area contributed by atoms with Crippen LogP contribution in [0.15, 0.2) is 4.52 Å². The van der Waals surface area contributed by atoms with Gasteiger partial charge in [-0.25, -0.2) is 0 Å². The molecular formula is C13H20N2O3. The minimum Gasteiger partial charge on any atom is -0.367 e. The lowest BCUT2D eigenvalue weighted by Gasteiger charge is -2.17. The maximum atomic E-state index is 11.9. The van der Waals surface area contributed by atoms with E-state index in [2.05, 4.69) is 10.1 Å². The Morgan fingerprint density at radius 3 is 2.72 bits per heavy atom. The molecule has 1 aromatic heterocycles. The number of rotatable bonds is 3. The predicted molar refractivity (Wildman–Crippen MR) is 65.0 cm³/mol. The van der Waals surface area contributed by atoms with E-state index in [0.717, 1.165) is 19.4 Å². The number of aromatic nitrogens is 2. The van der Waals surface area contributed by atoms with Crippen molar-refractivity contribution in [1.82, 2.24) is 10.1 Å². The average molecular weight is 252 g/mol. The van der Waals surface area contributed by atoms with E-state index in [1.54, 1.807) is 0 Å². The molecule has 0 radical (unpaired) electrons. The minimum absolute atomic E-state index is 0.0928. The highest BCUT2D eigenvalue weighted by Crippen LogP contribution is 2.33. The van der Waals surface area contributed by atoms with Gasteiger partial charge >= 0.3 is 0 Å². The van der Waals surface area contributed by atoms with Crippen LogP contribution in [0.5, 0.6) is 0 Å². The van der Waals surface area contributed by atoms with E-state index < -0.39 is 5.60 Å². The Kier molecular flexibility index (Phi) is 3.27. The second-order valence-electron chi connectivity index (χ2n) is 6.04. The third-order valence-corrected chi connectivity index (χ3v) is 3.31. The topological polar surface area (TPSA) is 65.2 Å². The van der Waals surface area contributed by atoms with Gasteiger partial charge in [-0.1, -0.05) is 25.9 Å². The highest BCUT2D eigenvalue weighted by molar-refractivity contribution is 5.84. The summed E-state index contributed by atoms with van der Waals surface area (Å²) in [7, 11) is 0. The average Bonchev–Trinajstić information content (AvgIpc) is 2.86. The van der Waals surface area contributed by atoms with Gasteiger partial charge in [0.25, 0.3) is 0 Å². The molecule has 1 atom stereocenters. The van der Waals surface area contributed by atoms with Crippen molar-refractivity contribution in [3.8, 4) is 0 Å². The molecule has 0 saturated carbocycles. The van der Waals surface area contributed by atoms with Crippen molar-refractivity contribution in [2.45, 2.75) is 52.6 Å². The highest BCUT2D eigenvalue weighted by Gasteiger charge is 2.37. The summed E-state index contributed by atoms with van der Waals surface area (Å²) in [5.74, 6) is 1.02. The normalized spacial score (nSPS) is 24.4. The summed E-state index contributed by atoms with van der Waals surface area (Å²) in [6.45, 7) is 8.33. The Morgan fingerprint density at radius 2 is 2.17 bits per heavy atom. The zero-order valence-corrected chi connectivity index (χ0v) is 11.4. The summed E-state index contributed by atoms with van der Waals surface area (Å²) in [4.78, 5) is 16.2. The van der Waals surface area contributed by atoms with E-state index in [9.17, 15) is 4.79 Å². The van der Waals surface area contributed by atoms with Crippen LogP contribution >= 0.6 is 0 Å². The maximum absolute atomic E-state index is 11.9. The number of hydrogen-bond donors (Lipinski definition) is 0. The van der Waals surface area contributed by atoms with Gasteiger partial charge in [0.1, 0.15) is 11.4 Å². The minimum atomic E-state index is -0.452. The molecule has 1 fully saturated rings. The van der Waals surface area contributed by atoms with Crippen LogP contribution in [0.4, 0.5) is 0 Å². The van der Waals surface area contributed by atoms with Crippen molar-refractivity contribution < 1.29 is 14.1 Å². The molecule has 0 N–H and O–H groups in total. The molecule has 0 amide bonds. The quantitative estimate of drug-likeness (QED) is 0.825. The molecule has 5 nitrogen and oxygen atoms in total. The number of carbonyl (C=O) groups is 1. The van der Waals surface area contributed by atoms with Crippen molar-refractivity contribution in [3.05, 3.63) is 11.7 Å². The fraction of sp³-hybridized carbons (Fsp3) is 0.769. The first-order valence-corrected chi connectivity index (χ1v) is 6.32. The van der Waals surface area contributed by atoms with Crippen LogP contribution < -0.4 is 0 Å². The molecule has 2 rings (SSSR count). The first-order valence-electron chi connectivity index (χ1n) is 6.32. The second-order valence-corrected chi connectivity index (χ2v) is 6.04. The van der Waals surface area contributed by atoms with Gasteiger partial charge in [0, 0.05) is 12.0 Å². The Hall–Kier alpha value is -1.23. The van der Waals surface area contributed by atoms with Crippen LogP contribution in [-0.4, -0.2) is 22.5 Å². The van der Waals surface area contributed by atoms with Crippen LogP contribution in [0.1, 0.15) is 52.3 Å². The van der Waals surface area contributed by atoms with Crippen LogP contribution in [0.3, 0.4) is 0 Å². The number of nitrogens with zero attached hydrogens (tertiary/aromatic N) is 2. The fourth-order valence-corrected chi connectivity index (χ4v) is 1.90. The van der Waals surface area contributed by atoms with E-state index in [-0.39, 0.29) is 17.6 Å². The first-order chi connectivity index (χ1) is 8.31. The van der Waals surface area contributed by atoms with Crippen molar-refractivity contribution in [1.29, 1.82) is 0 Å². The summed E-state index contributed by atoms with van der Waals surface area (Å²) >= 11 is 0. The molecule has 0 bridgehead atoms. The van der Waals surface area contributed by atoms with Gasteiger partial charge in [0.2, 0.25) is 11.7 Å². The third kappa shape index (κ3) is 2.61.